The third kappa shape index (κ3) is 1.25. The van der Waals surface area contributed by atoms with E-state index in [1.807, 2.05) is 0 Å². The van der Waals surface area contributed by atoms with Crippen LogP contribution in [0.3, 0.4) is 0 Å². The van der Waals surface area contributed by atoms with Gasteiger partial charge in [0.1, 0.15) is 5.56 Å². The van der Waals surface area contributed by atoms with E-state index in [9.17, 15) is 14.7 Å². The highest BCUT2D eigenvalue weighted by Gasteiger charge is 2.17. The van der Waals surface area contributed by atoms with Crippen LogP contribution in [0, 0.1) is 0 Å². The SMILES string of the molecule is CCc1c(O)n2ncc(C(=O)O)c2[nH]c1=O. The minimum atomic E-state index is -1.21. The Hall–Kier alpha value is -2.31. The second-order valence-electron chi connectivity index (χ2n) is 3.23. The highest BCUT2D eigenvalue weighted by atomic mass is 16.4. The zero-order valence-electron chi connectivity index (χ0n) is 8.39. The van der Waals surface area contributed by atoms with Crippen molar-refractivity contribution in [2.45, 2.75) is 13.3 Å². The molecule has 2 heterocycles. The van der Waals surface area contributed by atoms with Gasteiger partial charge in [-0.1, -0.05) is 6.92 Å². The normalized spacial score (nSPS) is 10.8. The third-order valence-electron chi connectivity index (χ3n) is 2.33. The lowest BCUT2D eigenvalue weighted by Gasteiger charge is -2.02. The van der Waals surface area contributed by atoms with Gasteiger partial charge in [0, 0.05) is 0 Å². The Morgan fingerprint density at radius 2 is 2.31 bits per heavy atom. The van der Waals surface area contributed by atoms with Gasteiger partial charge < -0.3 is 15.2 Å². The van der Waals surface area contributed by atoms with Gasteiger partial charge in [-0.05, 0) is 6.42 Å². The largest absolute Gasteiger partial charge is 0.493 e. The summed E-state index contributed by atoms with van der Waals surface area (Å²) in [6.45, 7) is 1.71. The first-order chi connectivity index (χ1) is 7.56. The number of hydrogen-bond donors (Lipinski definition) is 3. The number of H-pyrrole nitrogens is 1. The monoisotopic (exact) mass is 223 g/mol. The molecule has 0 radical (unpaired) electrons. The summed E-state index contributed by atoms with van der Waals surface area (Å²) in [4.78, 5) is 24.7. The summed E-state index contributed by atoms with van der Waals surface area (Å²) in [7, 11) is 0. The molecule has 0 unspecified atom stereocenters. The lowest BCUT2D eigenvalue weighted by Crippen LogP contribution is -2.16. The second-order valence-corrected chi connectivity index (χ2v) is 3.23. The molecule has 0 aliphatic heterocycles. The standard InChI is InChI=1S/C9H9N3O4/c1-2-4-7(13)11-6-5(9(15)16)3-10-12(6)8(4)14/h3,14H,2H2,1H3,(H,11,13)(H,15,16). The van der Waals surface area contributed by atoms with Crippen LogP contribution in [0.25, 0.3) is 5.65 Å². The van der Waals surface area contributed by atoms with E-state index in [-0.39, 0.29) is 22.7 Å². The van der Waals surface area contributed by atoms with Crippen molar-refractivity contribution in [2.75, 3.05) is 0 Å². The summed E-state index contributed by atoms with van der Waals surface area (Å²) in [5.41, 5.74) is -0.509. The van der Waals surface area contributed by atoms with Crippen LogP contribution in [0.15, 0.2) is 11.0 Å². The van der Waals surface area contributed by atoms with Crippen molar-refractivity contribution < 1.29 is 15.0 Å². The van der Waals surface area contributed by atoms with E-state index in [1.54, 1.807) is 6.92 Å². The van der Waals surface area contributed by atoms with Crippen LogP contribution in [0.1, 0.15) is 22.8 Å². The summed E-state index contributed by atoms with van der Waals surface area (Å²) in [6.07, 6.45) is 1.41. The Morgan fingerprint density at radius 1 is 1.62 bits per heavy atom. The number of aromatic carboxylic acids is 1. The minimum absolute atomic E-state index is 0.0211. The van der Waals surface area contributed by atoms with Crippen molar-refractivity contribution in [3.8, 4) is 5.88 Å². The molecule has 0 fully saturated rings. The topological polar surface area (TPSA) is 108 Å². The average Bonchev–Trinajstić information content (AvgIpc) is 2.62. The molecule has 0 bridgehead atoms. The number of carbonyl (C=O) groups is 1. The van der Waals surface area contributed by atoms with E-state index in [0.29, 0.717) is 6.42 Å². The number of carboxylic acids is 1. The van der Waals surface area contributed by atoms with Crippen LogP contribution < -0.4 is 5.56 Å². The van der Waals surface area contributed by atoms with Crippen LogP contribution in [0.2, 0.25) is 0 Å². The average molecular weight is 223 g/mol. The molecule has 2 aromatic heterocycles. The lowest BCUT2D eigenvalue weighted by atomic mass is 10.2. The number of aromatic nitrogens is 3. The molecule has 7 heteroatoms. The van der Waals surface area contributed by atoms with E-state index in [4.69, 9.17) is 5.11 Å². The summed E-state index contributed by atoms with van der Waals surface area (Å²) in [6, 6.07) is 0. The summed E-state index contributed by atoms with van der Waals surface area (Å²) < 4.78 is 1.00. The highest BCUT2D eigenvalue weighted by Crippen LogP contribution is 2.16. The number of fused-ring (bicyclic) bond motifs is 1. The Kier molecular flexibility index (Phi) is 2.15. The van der Waals surface area contributed by atoms with Gasteiger partial charge in [0.2, 0.25) is 5.88 Å². The number of nitrogens with one attached hydrogen (secondary N) is 1. The van der Waals surface area contributed by atoms with Crippen LogP contribution in [-0.4, -0.2) is 30.8 Å². The van der Waals surface area contributed by atoms with E-state index >= 15 is 0 Å². The molecule has 7 nitrogen and oxygen atoms in total. The maximum absolute atomic E-state index is 11.5. The number of nitrogens with zero attached hydrogens (tertiary/aromatic N) is 2. The third-order valence-corrected chi connectivity index (χ3v) is 2.33. The zero-order valence-corrected chi connectivity index (χ0v) is 8.39. The molecule has 0 aliphatic rings. The molecule has 16 heavy (non-hydrogen) atoms. The summed E-state index contributed by atoms with van der Waals surface area (Å²) in [5, 5.41) is 22.2. The first kappa shape index (κ1) is 10.2. The molecule has 0 spiro atoms. The first-order valence-corrected chi connectivity index (χ1v) is 4.61. The van der Waals surface area contributed by atoms with Gasteiger partial charge in [0.15, 0.2) is 5.65 Å². The fourth-order valence-corrected chi connectivity index (χ4v) is 1.52. The molecule has 0 saturated carbocycles. The van der Waals surface area contributed by atoms with Crippen LogP contribution in [0.4, 0.5) is 0 Å². The molecule has 3 N–H and O–H groups in total. The van der Waals surface area contributed by atoms with Crippen molar-refractivity contribution >= 4 is 11.6 Å². The smallest absolute Gasteiger partial charge is 0.341 e. The predicted octanol–water partition coefficient (Wildman–Crippen LogP) is -0.0112. The molecule has 0 atom stereocenters. The van der Waals surface area contributed by atoms with Gasteiger partial charge in [-0.3, -0.25) is 4.79 Å². The molecule has 0 aliphatic carbocycles. The zero-order chi connectivity index (χ0) is 11.9. The summed E-state index contributed by atoms with van der Waals surface area (Å²) >= 11 is 0. The molecular formula is C9H9N3O4. The van der Waals surface area contributed by atoms with Crippen molar-refractivity contribution in [1.82, 2.24) is 14.6 Å². The fraction of sp³-hybridized carbons (Fsp3) is 0.222. The predicted molar refractivity (Wildman–Crippen MR) is 53.8 cm³/mol. The lowest BCUT2D eigenvalue weighted by molar-refractivity contribution is 0.0699. The van der Waals surface area contributed by atoms with E-state index < -0.39 is 11.5 Å². The van der Waals surface area contributed by atoms with Crippen molar-refractivity contribution in [2.24, 2.45) is 0 Å². The van der Waals surface area contributed by atoms with Gasteiger partial charge in [0.25, 0.3) is 5.56 Å². The minimum Gasteiger partial charge on any atom is -0.493 e. The number of carboxylic acid groups (broad SMARTS) is 1. The van der Waals surface area contributed by atoms with Crippen LogP contribution in [0.5, 0.6) is 5.88 Å². The van der Waals surface area contributed by atoms with Crippen LogP contribution >= 0.6 is 0 Å². The van der Waals surface area contributed by atoms with Gasteiger partial charge >= 0.3 is 5.97 Å². The number of aromatic amines is 1. The molecule has 0 aromatic carbocycles. The molecule has 84 valence electrons. The van der Waals surface area contributed by atoms with Crippen molar-refractivity contribution in [3.05, 3.63) is 27.7 Å². The maximum Gasteiger partial charge on any atom is 0.341 e. The molecular weight excluding hydrogens is 214 g/mol. The fourth-order valence-electron chi connectivity index (χ4n) is 1.52. The van der Waals surface area contributed by atoms with Crippen molar-refractivity contribution in [1.29, 1.82) is 0 Å². The van der Waals surface area contributed by atoms with Gasteiger partial charge in [-0.15, -0.1) is 0 Å². The van der Waals surface area contributed by atoms with Gasteiger partial charge in [-0.2, -0.15) is 9.61 Å². The summed E-state index contributed by atoms with van der Waals surface area (Å²) in [5.74, 6) is -1.54. The molecule has 2 rings (SSSR count). The van der Waals surface area contributed by atoms with E-state index in [0.717, 1.165) is 10.7 Å². The van der Waals surface area contributed by atoms with Gasteiger partial charge in [-0.25, -0.2) is 4.79 Å². The quantitative estimate of drug-likeness (QED) is 0.663. The highest BCUT2D eigenvalue weighted by molar-refractivity contribution is 5.94. The van der Waals surface area contributed by atoms with Gasteiger partial charge in [0.05, 0.1) is 11.8 Å². The van der Waals surface area contributed by atoms with Crippen LogP contribution in [-0.2, 0) is 6.42 Å². The molecule has 0 amide bonds. The Labute approximate surface area is 89.0 Å². The number of rotatable bonds is 2. The Balaban J connectivity index is 2.90. The number of aromatic hydroxyl groups is 1. The van der Waals surface area contributed by atoms with E-state index in [2.05, 4.69) is 10.1 Å². The van der Waals surface area contributed by atoms with E-state index in [1.165, 1.54) is 0 Å². The Morgan fingerprint density at radius 3 is 2.88 bits per heavy atom. The first-order valence-electron chi connectivity index (χ1n) is 4.61. The Bertz CT molecular complexity index is 625. The second kappa shape index (κ2) is 3.37. The molecule has 2 aromatic rings. The molecule has 0 saturated heterocycles. The van der Waals surface area contributed by atoms with Crippen molar-refractivity contribution in [3.63, 3.8) is 0 Å². The maximum atomic E-state index is 11.5. The number of hydrogen-bond acceptors (Lipinski definition) is 4.